The van der Waals surface area contributed by atoms with Crippen LogP contribution in [0.5, 0.6) is 0 Å². The Labute approximate surface area is 116 Å². The number of para-hydroxylation sites is 1. The van der Waals surface area contributed by atoms with Crippen LogP contribution in [-0.2, 0) is 13.0 Å². The van der Waals surface area contributed by atoms with Gasteiger partial charge in [0.05, 0.1) is 11.9 Å². The van der Waals surface area contributed by atoms with Crippen molar-refractivity contribution < 1.29 is 0 Å². The standard InChI is InChI=1S/C15H15N5/c1-2-4-13(5-3-1)19-9-8-17-15(19)20-14-6-7-16-10-12(14)11-18-20/h1-5,8-9,11,16H,6-7,10H2. The third-order valence-corrected chi connectivity index (χ3v) is 3.65. The highest BCUT2D eigenvalue weighted by atomic mass is 15.4. The summed E-state index contributed by atoms with van der Waals surface area (Å²) in [4.78, 5) is 4.49. The Bertz CT molecular complexity index is 726. The van der Waals surface area contributed by atoms with Gasteiger partial charge in [0, 0.05) is 43.2 Å². The molecular weight excluding hydrogens is 250 g/mol. The Morgan fingerprint density at radius 1 is 1.15 bits per heavy atom. The van der Waals surface area contributed by atoms with Gasteiger partial charge in [0.25, 0.3) is 0 Å². The average Bonchev–Trinajstić information content (AvgIpc) is 3.14. The van der Waals surface area contributed by atoms with Crippen LogP contribution in [-0.4, -0.2) is 25.9 Å². The number of fused-ring (bicyclic) bond motifs is 1. The Morgan fingerprint density at radius 3 is 2.95 bits per heavy atom. The van der Waals surface area contributed by atoms with E-state index in [1.807, 2.05) is 41.5 Å². The first-order valence-electron chi connectivity index (χ1n) is 6.79. The number of rotatable bonds is 2. The zero-order valence-electron chi connectivity index (χ0n) is 11.0. The van der Waals surface area contributed by atoms with E-state index in [-0.39, 0.29) is 0 Å². The SMILES string of the molecule is c1ccc(-n2ccnc2-n2ncc3c2CCNC3)cc1. The van der Waals surface area contributed by atoms with Crippen LogP contribution in [0.1, 0.15) is 11.3 Å². The third-order valence-electron chi connectivity index (χ3n) is 3.65. The Hall–Kier alpha value is -2.40. The summed E-state index contributed by atoms with van der Waals surface area (Å²) in [5.41, 5.74) is 3.61. The fraction of sp³-hybridized carbons (Fsp3) is 0.200. The number of hydrogen-bond acceptors (Lipinski definition) is 3. The average molecular weight is 265 g/mol. The van der Waals surface area contributed by atoms with E-state index in [9.17, 15) is 0 Å². The van der Waals surface area contributed by atoms with Gasteiger partial charge in [0.15, 0.2) is 0 Å². The van der Waals surface area contributed by atoms with E-state index in [4.69, 9.17) is 0 Å². The van der Waals surface area contributed by atoms with E-state index in [1.54, 1.807) is 0 Å². The first kappa shape index (κ1) is 11.4. The van der Waals surface area contributed by atoms with Gasteiger partial charge >= 0.3 is 0 Å². The summed E-state index contributed by atoms with van der Waals surface area (Å²) in [6, 6.07) is 10.2. The quantitative estimate of drug-likeness (QED) is 0.767. The predicted molar refractivity (Wildman–Crippen MR) is 76.1 cm³/mol. The minimum atomic E-state index is 0.847. The Balaban J connectivity index is 1.84. The molecule has 1 N–H and O–H groups in total. The van der Waals surface area contributed by atoms with Crippen molar-refractivity contribution in [3.05, 3.63) is 60.2 Å². The molecule has 0 unspecified atom stereocenters. The molecule has 5 heteroatoms. The normalized spacial score (nSPS) is 14.2. The van der Waals surface area contributed by atoms with Crippen LogP contribution in [0.3, 0.4) is 0 Å². The molecule has 3 heterocycles. The summed E-state index contributed by atoms with van der Waals surface area (Å²) in [6.45, 7) is 1.88. The minimum Gasteiger partial charge on any atom is -0.312 e. The highest BCUT2D eigenvalue weighted by molar-refractivity contribution is 5.38. The van der Waals surface area contributed by atoms with Crippen LogP contribution < -0.4 is 5.32 Å². The molecule has 0 saturated carbocycles. The van der Waals surface area contributed by atoms with Gasteiger partial charge in [0.2, 0.25) is 5.95 Å². The van der Waals surface area contributed by atoms with Gasteiger partial charge in [-0.05, 0) is 12.1 Å². The van der Waals surface area contributed by atoms with Crippen molar-refractivity contribution in [1.29, 1.82) is 0 Å². The van der Waals surface area contributed by atoms with Gasteiger partial charge in [0.1, 0.15) is 0 Å². The summed E-state index contributed by atoms with van der Waals surface area (Å²) in [7, 11) is 0. The van der Waals surface area contributed by atoms with Crippen molar-refractivity contribution in [2.24, 2.45) is 0 Å². The summed E-state index contributed by atoms with van der Waals surface area (Å²) in [5.74, 6) is 0.847. The molecule has 1 aliphatic heterocycles. The first-order valence-corrected chi connectivity index (χ1v) is 6.79. The highest BCUT2D eigenvalue weighted by Gasteiger charge is 2.18. The molecule has 20 heavy (non-hydrogen) atoms. The number of imidazole rings is 1. The van der Waals surface area contributed by atoms with E-state index < -0.39 is 0 Å². The lowest BCUT2D eigenvalue weighted by molar-refractivity contribution is 0.615. The van der Waals surface area contributed by atoms with Gasteiger partial charge in [-0.15, -0.1) is 0 Å². The van der Waals surface area contributed by atoms with Crippen LogP contribution in [0.25, 0.3) is 11.6 Å². The van der Waals surface area contributed by atoms with Crippen LogP contribution in [0, 0.1) is 0 Å². The second-order valence-corrected chi connectivity index (χ2v) is 4.89. The second-order valence-electron chi connectivity index (χ2n) is 4.89. The summed E-state index contributed by atoms with van der Waals surface area (Å²) < 4.78 is 4.03. The molecule has 0 radical (unpaired) electrons. The molecule has 1 aliphatic rings. The maximum absolute atomic E-state index is 4.52. The molecule has 5 nitrogen and oxygen atoms in total. The lowest BCUT2D eigenvalue weighted by atomic mass is 10.1. The number of nitrogens with zero attached hydrogens (tertiary/aromatic N) is 4. The van der Waals surface area contributed by atoms with Crippen LogP contribution >= 0.6 is 0 Å². The van der Waals surface area contributed by atoms with Crippen molar-refractivity contribution in [3.63, 3.8) is 0 Å². The molecule has 0 aliphatic carbocycles. The zero-order valence-corrected chi connectivity index (χ0v) is 11.0. The fourth-order valence-electron chi connectivity index (χ4n) is 2.67. The summed E-state index contributed by atoms with van der Waals surface area (Å²) in [5, 5.41) is 7.89. The third kappa shape index (κ3) is 1.75. The maximum Gasteiger partial charge on any atom is 0.235 e. The van der Waals surface area contributed by atoms with Crippen molar-refractivity contribution >= 4 is 0 Å². The van der Waals surface area contributed by atoms with Crippen molar-refractivity contribution in [3.8, 4) is 11.6 Å². The number of aromatic nitrogens is 4. The molecule has 1 aromatic carbocycles. The predicted octanol–water partition coefficient (Wildman–Crippen LogP) is 1.70. The molecule has 3 aromatic rings. The fourth-order valence-corrected chi connectivity index (χ4v) is 2.67. The van der Waals surface area contributed by atoms with Gasteiger partial charge in [-0.2, -0.15) is 5.10 Å². The van der Waals surface area contributed by atoms with Crippen LogP contribution in [0.2, 0.25) is 0 Å². The van der Waals surface area contributed by atoms with Crippen LogP contribution in [0.4, 0.5) is 0 Å². The topological polar surface area (TPSA) is 47.7 Å². The molecule has 4 rings (SSSR count). The van der Waals surface area contributed by atoms with E-state index >= 15 is 0 Å². The smallest absolute Gasteiger partial charge is 0.235 e. The van der Waals surface area contributed by atoms with Crippen molar-refractivity contribution in [2.75, 3.05) is 6.54 Å². The Morgan fingerprint density at radius 2 is 2.05 bits per heavy atom. The largest absolute Gasteiger partial charge is 0.312 e. The van der Waals surface area contributed by atoms with E-state index in [0.29, 0.717) is 0 Å². The molecule has 2 aromatic heterocycles. The molecule has 0 fully saturated rings. The molecule has 0 amide bonds. The number of nitrogens with one attached hydrogen (secondary N) is 1. The molecule has 0 atom stereocenters. The zero-order chi connectivity index (χ0) is 13.4. The first-order chi connectivity index (χ1) is 9.93. The number of benzene rings is 1. The molecule has 0 spiro atoms. The summed E-state index contributed by atoms with van der Waals surface area (Å²) >= 11 is 0. The lowest BCUT2D eigenvalue weighted by Crippen LogP contribution is -2.25. The van der Waals surface area contributed by atoms with Gasteiger partial charge in [-0.3, -0.25) is 4.57 Å². The van der Waals surface area contributed by atoms with Crippen molar-refractivity contribution in [2.45, 2.75) is 13.0 Å². The van der Waals surface area contributed by atoms with E-state index in [2.05, 4.69) is 32.1 Å². The van der Waals surface area contributed by atoms with E-state index in [1.165, 1.54) is 11.3 Å². The molecule has 0 saturated heterocycles. The maximum atomic E-state index is 4.52. The van der Waals surface area contributed by atoms with E-state index in [0.717, 1.165) is 31.1 Å². The Kier molecular flexibility index (Phi) is 2.63. The summed E-state index contributed by atoms with van der Waals surface area (Å²) in [6.07, 6.45) is 6.71. The van der Waals surface area contributed by atoms with Crippen LogP contribution in [0.15, 0.2) is 48.9 Å². The highest BCUT2D eigenvalue weighted by Crippen LogP contribution is 2.19. The number of hydrogen-bond donors (Lipinski definition) is 1. The van der Waals surface area contributed by atoms with Gasteiger partial charge in [-0.25, -0.2) is 9.67 Å². The molecular formula is C15H15N5. The van der Waals surface area contributed by atoms with Gasteiger partial charge in [-0.1, -0.05) is 18.2 Å². The lowest BCUT2D eigenvalue weighted by Gasteiger charge is -2.15. The minimum absolute atomic E-state index is 0.847. The van der Waals surface area contributed by atoms with Gasteiger partial charge < -0.3 is 5.32 Å². The molecule has 0 bridgehead atoms. The monoisotopic (exact) mass is 265 g/mol. The molecule has 100 valence electrons. The second kappa shape index (κ2) is 4.61. The van der Waals surface area contributed by atoms with Crippen molar-refractivity contribution in [1.82, 2.24) is 24.6 Å².